The topological polar surface area (TPSA) is 38.5 Å². The molecule has 0 saturated carbocycles. The van der Waals surface area contributed by atoms with Gasteiger partial charge in [0, 0.05) is 24.8 Å². The molecule has 0 fully saturated rings. The number of rotatable bonds is 6. The number of nitrogens with two attached hydrogens (primary N) is 1. The Labute approximate surface area is 127 Å². The van der Waals surface area contributed by atoms with Crippen molar-refractivity contribution < 1.29 is 4.74 Å². The van der Waals surface area contributed by atoms with Crippen LogP contribution in [-0.4, -0.2) is 20.2 Å². The van der Waals surface area contributed by atoms with Crippen LogP contribution in [0.2, 0.25) is 0 Å². The van der Waals surface area contributed by atoms with Gasteiger partial charge < -0.3 is 15.4 Å². The van der Waals surface area contributed by atoms with E-state index in [1.165, 1.54) is 5.56 Å². The molecule has 0 bridgehead atoms. The summed E-state index contributed by atoms with van der Waals surface area (Å²) in [5.74, 6) is 0.911. The Hall–Kier alpha value is -2.00. The highest BCUT2D eigenvalue weighted by Crippen LogP contribution is 2.31. The second kappa shape index (κ2) is 7.14. The summed E-state index contributed by atoms with van der Waals surface area (Å²) in [5, 5.41) is 0. The van der Waals surface area contributed by atoms with Crippen LogP contribution in [0.1, 0.15) is 24.1 Å². The van der Waals surface area contributed by atoms with Crippen LogP contribution >= 0.6 is 0 Å². The van der Waals surface area contributed by atoms with Gasteiger partial charge in [0.15, 0.2) is 0 Å². The lowest BCUT2D eigenvalue weighted by Gasteiger charge is -2.30. The van der Waals surface area contributed by atoms with Crippen molar-refractivity contribution in [2.75, 3.05) is 25.1 Å². The van der Waals surface area contributed by atoms with Crippen molar-refractivity contribution in [3.8, 4) is 5.75 Å². The monoisotopic (exact) mass is 284 g/mol. The number of ether oxygens (including phenoxy) is 1. The first-order chi connectivity index (χ1) is 10.2. The number of nitrogens with zero attached hydrogens (tertiary/aromatic N) is 1. The second-order valence-electron chi connectivity index (χ2n) is 5.17. The Bertz CT molecular complexity index is 566. The minimum Gasteiger partial charge on any atom is -0.494 e. The molecule has 2 rings (SSSR count). The van der Waals surface area contributed by atoms with Crippen LogP contribution in [0.15, 0.2) is 48.5 Å². The van der Waals surface area contributed by atoms with Gasteiger partial charge in [-0.1, -0.05) is 35.9 Å². The highest BCUT2D eigenvalue weighted by Gasteiger charge is 2.19. The van der Waals surface area contributed by atoms with Crippen LogP contribution in [0.5, 0.6) is 5.75 Å². The molecule has 2 aromatic rings. The minimum atomic E-state index is 0.0930. The molecule has 0 aliphatic rings. The third kappa shape index (κ3) is 3.56. The Morgan fingerprint density at radius 1 is 1.10 bits per heavy atom. The first kappa shape index (κ1) is 15.4. The Morgan fingerprint density at radius 2 is 1.76 bits per heavy atom. The number of para-hydroxylation sites is 1. The summed E-state index contributed by atoms with van der Waals surface area (Å²) in [7, 11) is 2.07. The summed E-state index contributed by atoms with van der Waals surface area (Å²) < 4.78 is 5.74. The van der Waals surface area contributed by atoms with E-state index in [-0.39, 0.29) is 6.04 Å². The molecule has 0 heterocycles. The molecule has 0 aromatic heterocycles. The van der Waals surface area contributed by atoms with E-state index in [1.54, 1.807) is 0 Å². The molecule has 0 amide bonds. The van der Waals surface area contributed by atoms with E-state index in [9.17, 15) is 0 Å². The van der Waals surface area contributed by atoms with Gasteiger partial charge in [-0.2, -0.15) is 0 Å². The van der Waals surface area contributed by atoms with Gasteiger partial charge in [-0.05, 0) is 32.0 Å². The fourth-order valence-electron chi connectivity index (χ4n) is 2.50. The molecular weight excluding hydrogens is 260 g/mol. The van der Waals surface area contributed by atoms with Gasteiger partial charge in [0.05, 0.1) is 12.6 Å². The third-order valence-electron chi connectivity index (χ3n) is 3.71. The predicted molar refractivity (Wildman–Crippen MR) is 89.0 cm³/mol. The molecule has 21 heavy (non-hydrogen) atoms. The van der Waals surface area contributed by atoms with Crippen LogP contribution in [0, 0.1) is 6.92 Å². The van der Waals surface area contributed by atoms with E-state index in [4.69, 9.17) is 10.5 Å². The van der Waals surface area contributed by atoms with Crippen LogP contribution in [-0.2, 0) is 0 Å². The molecule has 2 aromatic carbocycles. The number of aryl methyl sites for hydroxylation is 1. The molecule has 3 heteroatoms. The fourth-order valence-corrected chi connectivity index (χ4v) is 2.50. The van der Waals surface area contributed by atoms with Crippen LogP contribution < -0.4 is 15.4 Å². The zero-order chi connectivity index (χ0) is 15.2. The van der Waals surface area contributed by atoms with E-state index in [0.29, 0.717) is 13.2 Å². The quantitative estimate of drug-likeness (QED) is 0.882. The van der Waals surface area contributed by atoms with Crippen LogP contribution in [0.4, 0.5) is 5.69 Å². The molecule has 1 unspecified atom stereocenters. The summed E-state index contributed by atoms with van der Waals surface area (Å²) in [6.07, 6.45) is 0. The molecule has 0 radical (unpaired) electrons. The van der Waals surface area contributed by atoms with Gasteiger partial charge >= 0.3 is 0 Å². The van der Waals surface area contributed by atoms with Crippen molar-refractivity contribution in [3.63, 3.8) is 0 Å². The molecule has 0 aliphatic carbocycles. The van der Waals surface area contributed by atoms with Crippen LogP contribution in [0.3, 0.4) is 0 Å². The average Bonchev–Trinajstić information content (AvgIpc) is 2.50. The molecular formula is C18H24N2O. The second-order valence-corrected chi connectivity index (χ2v) is 5.17. The van der Waals surface area contributed by atoms with Crippen molar-refractivity contribution in [2.24, 2.45) is 5.73 Å². The van der Waals surface area contributed by atoms with Gasteiger partial charge in [-0.15, -0.1) is 0 Å². The lowest BCUT2D eigenvalue weighted by molar-refractivity contribution is 0.334. The minimum absolute atomic E-state index is 0.0930. The molecule has 2 N–H and O–H groups in total. The molecule has 1 atom stereocenters. The van der Waals surface area contributed by atoms with Gasteiger partial charge in [-0.25, -0.2) is 0 Å². The van der Waals surface area contributed by atoms with E-state index in [1.807, 2.05) is 25.1 Å². The van der Waals surface area contributed by atoms with E-state index < -0.39 is 0 Å². The summed E-state index contributed by atoms with van der Waals surface area (Å²) in [6.45, 7) is 5.28. The maximum atomic E-state index is 6.04. The number of benzene rings is 2. The van der Waals surface area contributed by atoms with Crippen molar-refractivity contribution >= 4 is 5.69 Å². The van der Waals surface area contributed by atoms with Gasteiger partial charge in [-0.3, -0.25) is 0 Å². The number of anilines is 1. The van der Waals surface area contributed by atoms with Gasteiger partial charge in [0.1, 0.15) is 5.75 Å². The van der Waals surface area contributed by atoms with Gasteiger partial charge in [0.2, 0.25) is 0 Å². The first-order valence-electron chi connectivity index (χ1n) is 7.38. The van der Waals surface area contributed by atoms with Crippen molar-refractivity contribution in [1.29, 1.82) is 0 Å². The zero-order valence-electron chi connectivity index (χ0n) is 13.0. The molecule has 112 valence electrons. The molecule has 0 saturated heterocycles. The van der Waals surface area contributed by atoms with Crippen molar-refractivity contribution in [3.05, 3.63) is 59.7 Å². The van der Waals surface area contributed by atoms with E-state index in [2.05, 4.69) is 49.2 Å². The highest BCUT2D eigenvalue weighted by molar-refractivity contribution is 5.51. The van der Waals surface area contributed by atoms with E-state index in [0.717, 1.165) is 17.0 Å². The molecule has 0 spiro atoms. The number of hydrogen-bond donors (Lipinski definition) is 1. The SMILES string of the molecule is CCOc1ccccc1C(CN)N(C)c1ccc(C)cc1. The Kier molecular flexibility index (Phi) is 5.23. The van der Waals surface area contributed by atoms with Gasteiger partial charge in [0.25, 0.3) is 0 Å². The van der Waals surface area contributed by atoms with E-state index >= 15 is 0 Å². The predicted octanol–water partition coefficient (Wildman–Crippen LogP) is 3.53. The van der Waals surface area contributed by atoms with Crippen molar-refractivity contribution in [2.45, 2.75) is 19.9 Å². The highest BCUT2D eigenvalue weighted by atomic mass is 16.5. The van der Waals surface area contributed by atoms with Crippen LogP contribution in [0.25, 0.3) is 0 Å². The average molecular weight is 284 g/mol. The number of hydrogen-bond acceptors (Lipinski definition) is 3. The Balaban J connectivity index is 2.32. The lowest BCUT2D eigenvalue weighted by Crippen LogP contribution is -2.30. The standard InChI is InChI=1S/C18H24N2O/c1-4-21-18-8-6-5-7-16(18)17(13-19)20(3)15-11-9-14(2)10-12-15/h5-12,17H,4,13,19H2,1-3H3. The summed E-state index contributed by atoms with van der Waals surface area (Å²) in [6, 6.07) is 16.7. The summed E-state index contributed by atoms with van der Waals surface area (Å²) in [5.41, 5.74) is 9.58. The molecule has 3 nitrogen and oxygen atoms in total. The first-order valence-corrected chi connectivity index (χ1v) is 7.38. The normalized spacial score (nSPS) is 12.0. The lowest BCUT2D eigenvalue weighted by atomic mass is 10.0. The maximum Gasteiger partial charge on any atom is 0.124 e. The molecule has 0 aliphatic heterocycles. The number of likely N-dealkylation sites (N-methyl/N-ethyl adjacent to an activating group) is 1. The summed E-state index contributed by atoms with van der Waals surface area (Å²) in [4.78, 5) is 2.21. The largest absolute Gasteiger partial charge is 0.494 e. The maximum absolute atomic E-state index is 6.04. The third-order valence-corrected chi connectivity index (χ3v) is 3.71. The summed E-state index contributed by atoms with van der Waals surface area (Å²) >= 11 is 0. The Morgan fingerprint density at radius 3 is 2.38 bits per heavy atom. The smallest absolute Gasteiger partial charge is 0.124 e. The van der Waals surface area contributed by atoms with Crippen molar-refractivity contribution in [1.82, 2.24) is 0 Å². The zero-order valence-corrected chi connectivity index (χ0v) is 13.0. The fraction of sp³-hybridized carbons (Fsp3) is 0.333.